The quantitative estimate of drug-likeness (QED) is 0.214. The second-order valence-corrected chi connectivity index (χ2v) is 8.21. The number of halogens is 2. The summed E-state index contributed by atoms with van der Waals surface area (Å²) < 4.78 is 5.87. The van der Waals surface area contributed by atoms with Gasteiger partial charge in [-0.15, -0.1) is 24.0 Å². The molecule has 1 unspecified atom stereocenters. The Bertz CT molecular complexity index is 971. The van der Waals surface area contributed by atoms with Crippen LogP contribution in [0.3, 0.4) is 0 Å². The molecule has 2 heterocycles. The largest absolute Gasteiger partial charge is 0.492 e. The van der Waals surface area contributed by atoms with Crippen LogP contribution in [0.25, 0.3) is 0 Å². The number of hydrogen-bond acceptors (Lipinski definition) is 4. The maximum atomic E-state index is 11.5. The van der Waals surface area contributed by atoms with Gasteiger partial charge in [0.05, 0.1) is 6.54 Å². The Balaban J connectivity index is 0.00000289. The van der Waals surface area contributed by atoms with E-state index in [0.717, 1.165) is 59.6 Å². The summed E-state index contributed by atoms with van der Waals surface area (Å²) >= 11 is 6.12. The number of carbonyl (C=O) groups is 1. The molecular weight excluding hydrogens is 541 g/mol. The molecule has 4 rings (SSSR count). The summed E-state index contributed by atoms with van der Waals surface area (Å²) in [5, 5.41) is 10.5. The first kappa shape index (κ1) is 24.4. The van der Waals surface area contributed by atoms with Crippen LogP contribution in [0.15, 0.2) is 47.5 Å². The van der Waals surface area contributed by atoms with Crippen molar-refractivity contribution in [2.75, 3.05) is 43.5 Å². The fourth-order valence-electron chi connectivity index (χ4n) is 3.96. The lowest BCUT2D eigenvalue weighted by Crippen LogP contribution is -2.45. The molecule has 1 amide bonds. The summed E-state index contributed by atoms with van der Waals surface area (Å²) in [5.41, 5.74) is 3.15. The summed E-state index contributed by atoms with van der Waals surface area (Å²) in [5.74, 6) is 1.66. The minimum atomic E-state index is 0. The maximum Gasteiger partial charge on any atom is 0.224 e. The molecule has 2 aliphatic heterocycles. The number of anilines is 2. The van der Waals surface area contributed by atoms with Crippen molar-refractivity contribution in [3.63, 3.8) is 0 Å². The minimum Gasteiger partial charge on any atom is -0.492 e. The highest BCUT2D eigenvalue weighted by Crippen LogP contribution is 2.27. The maximum absolute atomic E-state index is 11.5. The third kappa shape index (κ3) is 6.41. The van der Waals surface area contributed by atoms with Crippen molar-refractivity contribution >= 4 is 58.8 Å². The predicted octanol–water partition coefficient (Wildman–Crippen LogP) is 3.67. The predicted molar refractivity (Wildman–Crippen MR) is 141 cm³/mol. The van der Waals surface area contributed by atoms with E-state index in [-0.39, 0.29) is 29.9 Å². The highest BCUT2D eigenvalue weighted by Gasteiger charge is 2.23. The number of benzene rings is 2. The Morgan fingerprint density at radius 2 is 2.16 bits per heavy atom. The number of aryl methyl sites for hydroxylation is 1. The van der Waals surface area contributed by atoms with Gasteiger partial charge in [-0.3, -0.25) is 9.79 Å². The topological polar surface area (TPSA) is 78.0 Å². The van der Waals surface area contributed by atoms with E-state index >= 15 is 0 Å². The zero-order valence-electron chi connectivity index (χ0n) is 18.1. The number of carbonyl (C=O) groups excluding carboxylic acids is 1. The lowest BCUT2D eigenvalue weighted by molar-refractivity contribution is -0.116. The van der Waals surface area contributed by atoms with Crippen molar-refractivity contribution < 1.29 is 9.53 Å². The number of guanidine groups is 1. The van der Waals surface area contributed by atoms with E-state index in [9.17, 15) is 4.79 Å². The number of rotatable bonds is 6. The van der Waals surface area contributed by atoms with Crippen LogP contribution < -0.4 is 25.6 Å². The van der Waals surface area contributed by atoms with E-state index in [1.165, 1.54) is 0 Å². The van der Waals surface area contributed by atoms with Crippen LogP contribution in [0, 0.1) is 0 Å². The Morgan fingerprint density at radius 1 is 1.28 bits per heavy atom. The molecule has 1 saturated heterocycles. The van der Waals surface area contributed by atoms with Crippen LogP contribution in [0.2, 0.25) is 5.02 Å². The first-order valence-corrected chi connectivity index (χ1v) is 11.0. The van der Waals surface area contributed by atoms with Crippen molar-refractivity contribution in [1.82, 2.24) is 10.6 Å². The normalized spacial score (nSPS) is 17.8. The molecule has 1 atom stereocenters. The molecule has 0 spiro atoms. The second kappa shape index (κ2) is 11.6. The van der Waals surface area contributed by atoms with Crippen LogP contribution in [-0.4, -0.2) is 51.2 Å². The Morgan fingerprint density at radius 3 is 2.97 bits per heavy atom. The van der Waals surface area contributed by atoms with Gasteiger partial charge in [0.1, 0.15) is 12.4 Å². The zero-order valence-corrected chi connectivity index (χ0v) is 21.2. The summed E-state index contributed by atoms with van der Waals surface area (Å²) in [6, 6.07) is 14.1. The van der Waals surface area contributed by atoms with E-state index < -0.39 is 0 Å². The molecule has 3 N–H and O–H groups in total. The average Bonchev–Trinajstić information content (AvgIpc) is 3.24. The molecule has 2 aliphatic rings. The monoisotopic (exact) mass is 569 g/mol. The number of nitrogens with zero attached hydrogens (tertiary/aromatic N) is 2. The summed E-state index contributed by atoms with van der Waals surface area (Å²) in [7, 11) is 1.78. The molecule has 172 valence electrons. The molecule has 2 aromatic carbocycles. The first-order chi connectivity index (χ1) is 15.1. The van der Waals surface area contributed by atoms with Gasteiger partial charge < -0.3 is 25.6 Å². The van der Waals surface area contributed by atoms with Gasteiger partial charge in [-0.25, -0.2) is 0 Å². The average molecular weight is 570 g/mol. The first-order valence-electron chi connectivity index (χ1n) is 10.6. The van der Waals surface area contributed by atoms with Crippen molar-refractivity contribution in [3.8, 4) is 5.75 Å². The third-order valence-corrected chi connectivity index (χ3v) is 5.80. The Kier molecular flexibility index (Phi) is 8.86. The van der Waals surface area contributed by atoms with E-state index in [1.54, 1.807) is 7.05 Å². The highest BCUT2D eigenvalue weighted by atomic mass is 127. The van der Waals surface area contributed by atoms with Gasteiger partial charge in [0.25, 0.3) is 0 Å². The van der Waals surface area contributed by atoms with Crippen LogP contribution in [0.5, 0.6) is 5.75 Å². The van der Waals surface area contributed by atoms with Crippen molar-refractivity contribution in [3.05, 3.63) is 53.1 Å². The smallest absolute Gasteiger partial charge is 0.224 e. The molecule has 0 aliphatic carbocycles. The van der Waals surface area contributed by atoms with Crippen LogP contribution in [0.4, 0.5) is 11.4 Å². The van der Waals surface area contributed by atoms with Gasteiger partial charge in [0.15, 0.2) is 5.96 Å². The number of aliphatic imine (C=N–C) groups is 1. The van der Waals surface area contributed by atoms with E-state index in [2.05, 4.69) is 31.9 Å². The van der Waals surface area contributed by atoms with E-state index in [0.29, 0.717) is 25.6 Å². The lowest BCUT2D eigenvalue weighted by Gasteiger charge is -2.21. The summed E-state index contributed by atoms with van der Waals surface area (Å²) in [6.07, 6.45) is 2.31. The molecule has 0 radical (unpaired) electrons. The van der Waals surface area contributed by atoms with Crippen molar-refractivity contribution in [2.45, 2.75) is 25.3 Å². The number of nitrogens with one attached hydrogen (secondary N) is 3. The number of fused-ring (bicyclic) bond motifs is 1. The van der Waals surface area contributed by atoms with Gasteiger partial charge in [0, 0.05) is 49.0 Å². The summed E-state index contributed by atoms with van der Waals surface area (Å²) in [4.78, 5) is 18.1. The van der Waals surface area contributed by atoms with Crippen LogP contribution in [0.1, 0.15) is 18.4 Å². The Labute approximate surface area is 211 Å². The van der Waals surface area contributed by atoms with Crippen molar-refractivity contribution in [2.24, 2.45) is 4.99 Å². The minimum absolute atomic E-state index is 0. The molecule has 0 saturated carbocycles. The zero-order chi connectivity index (χ0) is 21.6. The van der Waals surface area contributed by atoms with E-state index in [4.69, 9.17) is 16.3 Å². The third-order valence-electron chi connectivity index (χ3n) is 5.56. The summed E-state index contributed by atoms with van der Waals surface area (Å²) in [6.45, 7) is 3.05. The van der Waals surface area contributed by atoms with E-state index in [1.807, 2.05) is 36.4 Å². The molecule has 32 heavy (non-hydrogen) atoms. The van der Waals surface area contributed by atoms with Gasteiger partial charge in [-0.1, -0.05) is 17.7 Å². The van der Waals surface area contributed by atoms with Gasteiger partial charge >= 0.3 is 0 Å². The molecule has 2 aromatic rings. The second-order valence-electron chi connectivity index (χ2n) is 7.77. The molecule has 1 fully saturated rings. The molecule has 0 aromatic heterocycles. The number of hydrogen-bond donors (Lipinski definition) is 3. The number of amides is 1. The molecule has 9 heteroatoms. The van der Waals surface area contributed by atoms with Gasteiger partial charge in [-0.05, 0) is 54.8 Å². The van der Waals surface area contributed by atoms with Crippen LogP contribution in [-0.2, 0) is 11.2 Å². The highest BCUT2D eigenvalue weighted by molar-refractivity contribution is 14.0. The molecule has 7 nitrogen and oxygen atoms in total. The van der Waals surface area contributed by atoms with Crippen molar-refractivity contribution in [1.29, 1.82) is 0 Å². The number of ether oxygens (including phenoxy) is 1. The SMILES string of the molecule is CN=C(NCCOc1ccc2c(c1)CCC(=O)N2)NC1CCN(c2cccc(Cl)c2)C1.I. The standard InChI is InChI=1S/C23H28ClN5O2.HI/c1-25-23(27-18-9-11-29(15-18)19-4-2-3-17(24)14-19)26-10-12-31-20-6-7-21-16(13-20)5-8-22(30)28-21;/h2-4,6-7,13-14,18H,5,8-12,15H2,1H3,(H,28,30)(H2,25,26,27);1H. The fraction of sp³-hybridized carbons (Fsp3) is 0.391. The van der Waals surface area contributed by atoms with Gasteiger partial charge in [0.2, 0.25) is 5.91 Å². The lowest BCUT2D eigenvalue weighted by atomic mass is 10.0. The fourth-order valence-corrected chi connectivity index (χ4v) is 4.15. The van der Waals surface area contributed by atoms with Gasteiger partial charge in [-0.2, -0.15) is 0 Å². The Hall–Kier alpha value is -2.20. The van der Waals surface area contributed by atoms with Crippen LogP contribution >= 0.6 is 35.6 Å². The molecular formula is C23H29ClIN5O2. The molecule has 0 bridgehead atoms.